The van der Waals surface area contributed by atoms with Crippen molar-refractivity contribution < 1.29 is 62.9 Å². The van der Waals surface area contributed by atoms with Crippen LogP contribution in [0.2, 0.25) is 0 Å². The van der Waals surface area contributed by atoms with Crippen LogP contribution in [-0.4, -0.2) is 142 Å². The number of aliphatic hydroxyl groups excluding tert-OH is 2. The minimum Gasteiger partial charge on any atom is -0.477 e. The smallest absolute Gasteiger partial charge is 0.364 e. The van der Waals surface area contributed by atoms with Crippen LogP contribution < -0.4 is 26.8 Å². The minimum absolute atomic E-state index is 0.0612. The van der Waals surface area contributed by atoms with Gasteiger partial charge in [0.15, 0.2) is 0 Å². The largest absolute Gasteiger partial charge is 0.477 e. The molecule has 6 N–H and O–H groups in total. The fraction of sp³-hybridized carbons (Fsp3) is 0.788. The van der Waals surface area contributed by atoms with Crippen molar-refractivity contribution in [2.45, 2.75) is 82.8 Å². The number of carboxylic acid groups (broad SMARTS) is 1. The molecule has 1 fully saturated rings. The van der Waals surface area contributed by atoms with Crippen molar-refractivity contribution >= 4 is 29.2 Å². The van der Waals surface area contributed by atoms with E-state index < -0.39 is 59.3 Å². The van der Waals surface area contributed by atoms with Gasteiger partial charge in [-0.2, -0.15) is 0 Å². The summed E-state index contributed by atoms with van der Waals surface area (Å²) in [5.74, 6) is -4.44. The normalized spacial score (nSPS) is 19.2. The molecule has 3 atom stereocenters. The summed E-state index contributed by atoms with van der Waals surface area (Å²) in [6.07, 6.45) is 1.18. The van der Waals surface area contributed by atoms with Crippen LogP contribution in [0.15, 0.2) is 9.59 Å². The monoisotopic (exact) mass is 733 g/mol. The first-order chi connectivity index (χ1) is 24.3. The number of carbonyl (C=O) groups excluding carboxylic acids is 2. The SMILES string of the molecule is CC(C)(C)OC(=O)CCOCCOCCOCCOCCNc1c(NCCCCCCOC2(C(=O)O)CC(O)C(NC(=O)CO)CO2)c(=O)c1=O. The third kappa shape index (κ3) is 16.8. The van der Waals surface area contributed by atoms with Gasteiger partial charge in [0.05, 0.1) is 84.6 Å². The van der Waals surface area contributed by atoms with E-state index in [0.29, 0.717) is 78.6 Å². The number of hydrogen-bond acceptors (Lipinski definition) is 16. The first-order valence-corrected chi connectivity index (χ1v) is 17.2. The molecule has 2 rings (SSSR count). The maximum absolute atomic E-state index is 12.0. The molecule has 0 bridgehead atoms. The van der Waals surface area contributed by atoms with Gasteiger partial charge in [0.1, 0.15) is 23.6 Å². The summed E-state index contributed by atoms with van der Waals surface area (Å²) in [5.41, 5.74) is -1.21. The predicted octanol–water partition coefficient (Wildman–Crippen LogP) is -0.479. The number of amides is 1. The van der Waals surface area contributed by atoms with E-state index in [2.05, 4.69) is 16.0 Å². The van der Waals surface area contributed by atoms with Gasteiger partial charge in [0, 0.05) is 19.5 Å². The van der Waals surface area contributed by atoms with E-state index in [4.69, 9.17) is 38.3 Å². The lowest BCUT2D eigenvalue weighted by Crippen LogP contribution is -2.60. The Balaban J connectivity index is 1.46. The molecule has 18 heteroatoms. The van der Waals surface area contributed by atoms with E-state index in [1.807, 2.05) is 20.8 Å². The van der Waals surface area contributed by atoms with Crippen molar-refractivity contribution in [1.29, 1.82) is 0 Å². The van der Waals surface area contributed by atoms with Gasteiger partial charge < -0.3 is 64.4 Å². The predicted molar refractivity (Wildman–Crippen MR) is 182 cm³/mol. The van der Waals surface area contributed by atoms with Gasteiger partial charge in [0.2, 0.25) is 5.91 Å². The van der Waals surface area contributed by atoms with E-state index in [1.165, 1.54) is 0 Å². The van der Waals surface area contributed by atoms with Gasteiger partial charge in [-0.1, -0.05) is 12.8 Å². The number of anilines is 2. The molecular weight excluding hydrogens is 678 g/mol. The first kappa shape index (κ1) is 43.9. The first-order valence-electron chi connectivity index (χ1n) is 17.2. The summed E-state index contributed by atoms with van der Waals surface area (Å²) in [4.78, 5) is 58.8. The van der Waals surface area contributed by atoms with Crippen molar-refractivity contribution in [3.63, 3.8) is 0 Å². The van der Waals surface area contributed by atoms with Crippen LogP contribution in [0.3, 0.4) is 0 Å². The third-order valence-corrected chi connectivity index (χ3v) is 7.41. The lowest BCUT2D eigenvalue weighted by Gasteiger charge is -2.39. The number of aliphatic carboxylic acids is 1. The van der Waals surface area contributed by atoms with Crippen LogP contribution >= 0.6 is 0 Å². The van der Waals surface area contributed by atoms with Gasteiger partial charge in [-0.05, 0) is 33.6 Å². The molecule has 0 saturated carbocycles. The Hall–Kier alpha value is -3.23. The summed E-state index contributed by atoms with van der Waals surface area (Å²) in [6.45, 7) is 8.00. The average Bonchev–Trinajstić information content (AvgIpc) is 3.07. The zero-order valence-electron chi connectivity index (χ0n) is 29.8. The van der Waals surface area contributed by atoms with Gasteiger partial charge in [-0.3, -0.25) is 19.2 Å². The highest BCUT2D eigenvalue weighted by Crippen LogP contribution is 2.28. The topological polar surface area (TPSA) is 247 Å². The van der Waals surface area contributed by atoms with Crippen molar-refractivity contribution in [3.05, 3.63) is 20.4 Å². The number of nitrogens with one attached hydrogen (secondary N) is 3. The second-order valence-corrected chi connectivity index (χ2v) is 12.8. The van der Waals surface area contributed by atoms with Crippen molar-refractivity contribution in [2.24, 2.45) is 0 Å². The molecule has 1 amide bonds. The molecular formula is C33H55N3O15. The molecule has 0 radical (unpaired) electrons. The second-order valence-electron chi connectivity index (χ2n) is 12.8. The van der Waals surface area contributed by atoms with E-state index in [-0.39, 0.29) is 43.6 Å². The molecule has 0 aromatic heterocycles. The molecule has 3 unspecified atom stereocenters. The molecule has 0 aliphatic carbocycles. The molecule has 0 spiro atoms. The standard InChI is InChI=1S/C33H55N3O15/c1-32(2,3)51-26(40)8-12-45-14-16-47-18-19-48-17-15-46-13-10-35-28-27(29(41)30(28)42)34-9-6-4-5-7-11-49-33(31(43)44)20-24(38)23(22-50-33)36-25(39)21-37/h23-24,34-35,37-38H,4-22H2,1-3H3,(H,36,39)(H,43,44). The van der Waals surface area contributed by atoms with Crippen LogP contribution in [0.4, 0.5) is 11.4 Å². The number of unbranched alkanes of at least 4 members (excludes halogenated alkanes) is 3. The maximum Gasteiger partial charge on any atom is 0.364 e. The molecule has 1 aromatic carbocycles. The van der Waals surface area contributed by atoms with Crippen molar-refractivity contribution in [3.8, 4) is 0 Å². The van der Waals surface area contributed by atoms with Crippen LogP contribution in [-0.2, 0) is 47.5 Å². The number of esters is 1. The molecule has 1 heterocycles. The molecule has 1 saturated heterocycles. The summed E-state index contributed by atoms with van der Waals surface area (Å²) in [5, 5.41) is 37.1. The Morgan fingerprint density at radius 2 is 1.35 bits per heavy atom. The highest BCUT2D eigenvalue weighted by Gasteiger charge is 2.49. The summed E-state index contributed by atoms with van der Waals surface area (Å²) in [7, 11) is 0. The Kier molecular flexibility index (Phi) is 20.1. The summed E-state index contributed by atoms with van der Waals surface area (Å²) < 4.78 is 37.8. The molecule has 292 valence electrons. The molecule has 18 nitrogen and oxygen atoms in total. The van der Waals surface area contributed by atoms with Crippen molar-refractivity contribution in [2.75, 3.05) is 96.4 Å². The lowest BCUT2D eigenvalue weighted by atomic mass is 9.98. The molecule has 1 aromatic rings. The Labute approximate surface area is 297 Å². The van der Waals surface area contributed by atoms with Gasteiger partial charge in [0.25, 0.3) is 16.6 Å². The van der Waals surface area contributed by atoms with Crippen LogP contribution in [0, 0.1) is 0 Å². The molecule has 51 heavy (non-hydrogen) atoms. The highest BCUT2D eigenvalue weighted by molar-refractivity contribution is 5.78. The van der Waals surface area contributed by atoms with E-state index in [1.54, 1.807) is 0 Å². The number of hydrogen-bond donors (Lipinski definition) is 6. The number of rotatable bonds is 28. The van der Waals surface area contributed by atoms with Gasteiger partial charge in [-0.25, -0.2) is 4.79 Å². The van der Waals surface area contributed by atoms with E-state index in [9.17, 15) is 34.2 Å². The minimum atomic E-state index is -2.03. The highest BCUT2D eigenvalue weighted by atomic mass is 16.7. The van der Waals surface area contributed by atoms with Gasteiger partial charge in [-0.15, -0.1) is 0 Å². The average molecular weight is 734 g/mol. The number of ether oxygens (including phenoxy) is 7. The molecule has 1 aliphatic rings. The lowest BCUT2D eigenvalue weighted by molar-refractivity contribution is -0.274. The molecule has 1 aliphatic heterocycles. The Bertz CT molecular complexity index is 1260. The van der Waals surface area contributed by atoms with Crippen LogP contribution in [0.5, 0.6) is 0 Å². The Morgan fingerprint density at radius 1 is 0.804 bits per heavy atom. The maximum atomic E-state index is 12.0. The van der Waals surface area contributed by atoms with E-state index >= 15 is 0 Å². The van der Waals surface area contributed by atoms with Gasteiger partial charge >= 0.3 is 11.9 Å². The fourth-order valence-corrected chi connectivity index (χ4v) is 4.83. The Morgan fingerprint density at radius 3 is 1.90 bits per heavy atom. The second kappa shape index (κ2) is 23.4. The zero-order valence-corrected chi connectivity index (χ0v) is 29.8. The summed E-state index contributed by atoms with van der Waals surface area (Å²) in [6, 6.07) is -0.863. The van der Waals surface area contributed by atoms with Crippen molar-refractivity contribution in [1.82, 2.24) is 5.32 Å². The quantitative estimate of drug-likeness (QED) is 0.0362. The number of carbonyl (C=O) groups is 3. The number of aliphatic hydroxyl groups is 2. The zero-order chi connectivity index (χ0) is 37.7. The third-order valence-electron chi connectivity index (χ3n) is 7.41. The summed E-state index contributed by atoms with van der Waals surface area (Å²) >= 11 is 0. The van der Waals surface area contributed by atoms with Crippen LogP contribution in [0.25, 0.3) is 0 Å². The number of carboxylic acids is 1. The fourth-order valence-electron chi connectivity index (χ4n) is 4.83. The van der Waals surface area contributed by atoms with E-state index in [0.717, 1.165) is 6.42 Å². The van der Waals surface area contributed by atoms with Crippen LogP contribution in [0.1, 0.15) is 59.3 Å².